The van der Waals surface area contributed by atoms with Gasteiger partial charge in [0.15, 0.2) is 6.61 Å². The number of nitrogens with zero attached hydrogens (tertiary/aromatic N) is 1. The van der Waals surface area contributed by atoms with Crippen molar-refractivity contribution >= 4 is 29.2 Å². The molecule has 2 fully saturated rings. The van der Waals surface area contributed by atoms with Crippen molar-refractivity contribution in [2.45, 2.75) is 45.1 Å². The fourth-order valence-corrected chi connectivity index (χ4v) is 3.75. The third kappa shape index (κ3) is 4.04. The molecule has 1 heterocycles. The Kier molecular flexibility index (Phi) is 4.72. The molecule has 0 spiro atoms. The lowest BCUT2D eigenvalue weighted by molar-refractivity contribution is -0.143. The van der Waals surface area contributed by atoms with Gasteiger partial charge in [-0.1, -0.05) is 17.7 Å². The van der Waals surface area contributed by atoms with Crippen LogP contribution in [-0.4, -0.2) is 30.4 Å². The monoisotopic (exact) mass is 368 g/mol. The van der Waals surface area contributed by atoms with Gasteiger partial charge in [0, 0.05) is 18.5 Å². The van der Waals surface area contributed by atoms with Gasteiger partial charge >= 0.3 is 5.97 Å². The fourth-order valence-electron chi connectivity index (χ4n) is 3.75. The second-order valence-corrected chi connectivity index (χ2v) is 7.68. The van der Waals surface area contributed by atoms with Gasteiger partial charge in [0.2, 0.25) is 5.91 Å². The topological polar surface area (TPSA) is 75.7 Å². The molecule has 1 aromatic rings. The molecule has 2 saturated carbocycles. The predicted molar refractivity (Wildman–Crippen MR) is 101 cm³/mol. The Hall–Kier alpha value is -2.63. The zero-order chi connectivity index (χ0) is 19.0. The quantitative estimate of drug-likeness (QED) is 0.640. The van der Waals surface area contributed by atoms with Crippen molar-refractivity contribution in [3.05, 3.63) is 35.9 Å². The molecule has 6 nitrogen and oxygen atoms in total. The Labute approximate surface area is 158 Å². The summed E-state index contributed by atoms with van der Waals surface area (Å²) in [7, 11) is 0. The standard InChI is InChI=1S/C21H24N2O4/c1-13-10-19(24)22-17-4-2-3-5-18(17)23(13)20(25)12-27-21(26)11-16(14-6-7-14)15-8-9-15/h2-5,11,13-15H,6-10,12H2,1H3,(H,22,24)/t13-/m1/s1. The molecule has 1 aliphatic heterocycles. The van der Waals surface area contributed by atoms with E-state index in [-0.39, 0.29) is 30.9 Å². The first kappa shape index (κ1) is 17.8. The molecule has 1 N–H and O–H groups in total. The van der Waals surface area contributed by atoms with Crippen LogP contribution in [0, 0.1) is 11.8 Å². The number of esters is 1. The first-order valence-electron chi connectivity index (χ1n) is 9.62. The van der Waals surface area contributed by atoms with Crippen LogP contribution in [0.3, 0.4) is 0 Å². The van der Waals surface area contributed by atoms with E-state index in [0.717, 1.165) is 25.7 Å². The van der Waals surface area contributed by atoms with Crippen molar-refractivity contribution in [1.82, 2.24) is 0 Å². The summed E-state index contributed by atoms with van der Waals surface area (Å²) in [5.41, 5.74) is 2.43. The number of ether oxygens (including phenoxy) is 1. The third-order valence-electron chi connectivity index (χ3n) is 5.35. The normalized spacial score (nSPS) is 21.6. The highest BCUT2D eigenvalue weighted by Gasteiger charge is 2.37. The third-order valence-corrected chi connectivity index (χ3v) is 5.35. The molecule has 3 aliphatic rings. The number of rotatable bonds is 5. The minimum atomic E-state index is -0.442. The van der Waals surface area contributed by atoms with Crippen molar-refractivity contribution in [2.75, 3.05) is 16.8 Å². The Morgan fingerprint density at radius 2 is 1.85 bits per heavy atom. The summed E-state index contributed by atoms with van der Waals surface area (Å²) in [6, 6.07) is 6.85. The number of hydrogen-bond acceptors (Lipinski definition) is 4. The van der Waals surface area contributed by atoms with Crippen LogP contribution >= 0.6 is 0 Å². The van der Waals surface area contributed by atoms with Crippen LogP contribution in [0.4, 0.5) is 11.4 Å². The maximum absolute atomic E-state index is 12.8. The van der Waals surface area contributed by atoms with Crippen LogP contribution in [0.15, 0.2) is 35.9 Å². The molecular formula is C21H24N2O4. The molecule has 0 aromatic heterocycles. The highest BCUT2D eigenvalue weighted by atomic mass is 16.5. The van der Waals surface area contributed by atoms with Gasteiger partial charge in [0.1, 0.15) is 0 Å². The number of amides is 2. The Balaban J connectivity index is 1.45. The lowest BCUT2D eigenvalue weighted by atomic mass is 10.1. The average Bonchev–Trinajstić information content (AvgIpc) is 3.52. The molecule has 0 saturated heterocycles. The number of carbonyl (C=O) groups excluding carboxylic acids is 3. The highest BCUT2D eigenvalue weighted by Crippen LogP contribution is 2.48. The van der Waals surface area contributed by atoms with Crippen molar-refractivity contribution in [3.8, 4) is 0 Å². The zero-order valence-corrected chi connectivity index (χ0v) is 15.4. The smallest absolute Gasteiger partial charge is 0.331 e. The maximum atomic E-state index is 12.8. The maximum Gasteiger partial charge on any atom is 0.331 e. The Bertz CT molecular complexity index is 794. The fraction of sp³-hybridized carbons (Fsp3) is 0.476. The summed E-state index contributed by atoms with van der Waals surface area (Å²) in [5, 5.41) is 2.82. The minimum Gasteiger partial charge on any atom is -0.452 e. The average molecular weight is 368 g/mol. The van der Waals surface area contributed by atoms with E-state index in [1.54, 1.807) is 29.2 Å². The number of para-hydroxylation sites is 2. The number of nitrogens with one attached hydrogen (secondary N) is 1. The molecule has 6 heteroatoms. The molecule has 1 atom stereocenters. The molecule has 142 valence electrons. The van der Waals surface area contributed by atoms with Gasteiger partial charge in [-0.05, 0) is 56.6 Å². The number of benzene rings is 1. The summed E-state index contributed by atoms with van der Waals surface area (Å²) in [4.78, 5) is 38.6. The predicted octanol–water partition coefficient (Wildman–Crippen LogP) is 3.04. The molecule has 4 rings (SSSR count). The van der Waals surface area contributed by atoms with Gasteiger partial charge < -0.3 is 15.0 Å². The molecular weight excluding hydrogens is 344 g/mol. The molecule has 0 radical (unpaired) electrons. The van der Waals surface area contributed by atoms with Crippen LogP contribution in [0.5, 0.6) is 0 Å². The lowest BCUT2D eigenvalue weighted by Crippen LogP contribution is -2.41. The molecule has 0 unspecified atom stereocenters. The second kappa shape index (κ2) is 7.18. The summed E-state index contributed by atoms with van der Waals surface area (Å²) in [6.45, 7) is 1.49. The van der Waals surface area contributed by atoms with E-state index < -0.39 is 5.97 Å². The minimum absolute atomic E-state index is 0.135. The first-order valence-corrected chi connectivity index (χ1v) is 9.62. The van der Waals surface area contributed by atoms with Crippen molar-refractivity contribution in [1.29, 1.82) is 0 Å². The van der Waals surface area contributed by atoms with Gasteiger partial charge in [0.25, 0.3) is 5.91 Å². The van der Waals surface area contributed by atoms with E-state index in [1.165, 1.54) is 5.57 Å². The summed E-state index contributed by atoms with van der Waals surface area (Å²) in [5.74, 6) is 0.170. The van der Waals surface area contributed by atoms with E-state index in [2.05, 4.69) is 5.32 Å². The molecule has 0 bridgehead atoms. The summed E-state index contributed by atoms with van der Waals surface area (Å²) in [6.07, 6.45) is 6.40. The molecule has 2 amide bonds. The SMILES string of the molecule is C[C@@H]1CC(=O)Nc2ccccc2N1C(=O)COC(=O)C=C(C1CC1)C1CC1. The van der Waals surface area contributed by atoms with Gasteiger partial charge in [0.05, 0.1) is 11.4 Å². The van der Waals surface area contributed by atoms with E-state index in [9.17, 15) is 14.4 Å². The molecule has 2 aliphatic carbocycles. The zero-order valence-electron chi connectivity index (χ0n) is 15.4. The van der Waals surface area contributed by atoms with E-state index in [0.29, 0.717) is 23.2 Å². The van der Waals surface area contributed by atoms with E-state index in [1.807, 2.05) is 13.0 Å². The van der Waals surface area contributed by atoms with Crippen molar-refractivity contribution in [2.24, 2.45) is 11.8 Å². The number of carbonyl (C=O) groups is 3. The summed E-state index contributed by atoms with van der Waals surface area (Å²) >= 11 is 0. The molecule has 1 aromatic carbocycles. The van der Waals surface area contributed by atoms with Crippen molar-refractivity contribution in [3.63, 3.8) is 0 Å². The number of fused-ring (bicyclic) bond motifs is 1. The lowest BCUT2D eigenvalue weighted by Gasteiger charge is -2.27. The highest BCUT2D eigenvalue weighted by molar-refractivity contribution is 6.05. The van der Waals surface area contributed by atoms with Crippen LogP contribution in [0.1, 0.15) is 39.0 Å². The Morgan fingerprint density at radius 3 is 2.52 bits per heavy atom. The van der Waals surface area contributed by atoms with Gasteiger partial charge in [-0.15, -0.1) is 0 Å². The summed E-state index contributed by atoms with van der Waals surface area (Å²) < 4.78 is 5.26. The van der Waals surface area contributed by atoms with Gasteiger partial charge in [-0.2, -0.15) is 0 Å². The second-order valence-electron chi connectivity index (χ2n) is 7.68. The molecule has 27 heavy (non-hydrogen) atoms. The first-order chi connectivity index (χ1) is 13.0. The van der Waals surface area contributed by atoms with Crippen LogP contribution in [-0.2, 0) is 19.1 Å². The van der Waals surface area contributed by atoms with E-state index >= 15 is 0 Å². The number of allylic oxidation sites excluding steroid dienone is 1. The number of hydrogen-bond donors (Lipinski definition) is 1. The Morgan fingerprint density at radius 1 is 1.19 bits per heavy atom. The van der Waals surface area contributed by atoms with E-state index in [4.69, 9.17) is 4.74 Å². The largest absolute Gasteiger partial charge is 0.452 e. The van der Waals surface area contributed by atoms with Gasteiger partial charge in [-0.25, -0.2) is 4.79 Å². The van der Waals surface area contributed by atoms with Crippen LogP contribution in [0.2, 0.25) is 0 Å². The van der Waals surface area contributed by atoms with Crippen molar-refractivity contribution < 1.29 is 19.1 Å². The van der Waals surface area contributed by atoms with Gasteiger partial charge in [-0.3, -0.25) is 9.59 Å². The number of anilines is 2. The van der Waals surface area contributed by atoms with Crippen LogP contribution < -0.4 is 10.2 Å². The van der Waals surface area contributed by atoms with Crippen LogP contribution in [0.25, 0.3) is 0 Å².